The maximum atomic E-state index is 10.3. The summed E-state index contributed by atoms with van der Waals surface area (Å²) in [5.41, 5.74) is 1.29. The Labute approximate surface area is 93.9 Å². The SMILES string of the molecule is NC(=O)O.O=C(O)CC(O)(CC(=O)O)C(=O)O. The molecule has 98 valence electrons. The van der Waals surface area contributed by atoms with Gasteiger partial charge in [0.2, 0.25) is 0 Å². The van der Waals surface area contributed by atoms with Crippen LogP contribution in [-0.4, -0.2) is 55.1 Å². The lowest BCUT2D eigenvalue weighted by Gasteiger charge is -2.18. The van der Waals surface area contributed by atoms with E-state index in [1.807, 2.05) is 0 Å². The van der Waals surface area contributed by atoms with Crippen LogP contribution < -0.4 is 5.73 Å². The molecule has 0 saturated heterocycles. The predicted molar refractivity (Wildman–Crippen MR) is 49.3 cm³/mol. The van der Waals surface area contributed by atoms with Crippen LogP contribution in [0, 0.1) is 0 Å². The summed E-state index contributed by atoms with van der Waals surface area (Å²) in [4.78, 5) is 39.3. The first kappa shape index (κ1) is 17.0. The average molecular weight is 253 g/mol. The van der Waals surface area contributed by atoms with Gasteiger partial charge in [-0.1, -0.05) is 0 Å². The zero-order valence-electron chi connectivity index (χ0n) is 8.36. The fourth-order valence-corrected chi connectivity index (χ4v) is 0.714. The molecule has 0 aliphatic carbocycles. The number of carboxylic acids is 3. The summed E-state index contributed by atoms with van der Waals surface area (Å²) in [6.07, 6.45) is -3.62. The fraction of sp³-hybridized carbons (Fsp3) is 0.429. The molecule has 10 heteroatoms. The van der Waals surface area contributed by atoms with Crippen LogP contribution in [0.2, 0.25) is 0 Å². The van der Waals surface area contributed by atoms with Crippen LogP contribution in [0.5, 0.6) is 0 Å². The van der Waals surface area contributed by atoms with E-state index in [1.54, 1.807) is 0 Å². The quantitative estimate of drug-likeness (QED) is 0.333. The van der Waals surface area contributed by atoms with E-state index in [4.69, 9.17) is 30.3 Å². The second-order valence-electron chi connectivity index (χ2n) is 2.82. The third-order valence-corrected chi connectivity index (χ3v) is 1.29. The number of carbonyl (C=O) groups is 4. The Kier molecular flexibility index (Phi) is 7.02. The Morgan fingerprint density at radius 2 is 1.12 bits per heavy atom. The molecule has 0 aromatic heterocycles. The average Bonchev–Trinajstić information content (AvgIpc) is 1.98. The molecule has 7 N–H and O–H groups in total. The Morgan fingerprint density at radius 3 is 1.24 bits per heavy atom. The van der Waals surface area contributed by atoms with E-state index in [0.29, 0.717) is 0 Å². The molecule has 0 saturated carbocycles. The van der Waals surface area contributed by atoms with Crippen molar-refractivity contribution >= 4 is 24.0 Å². The van der Waals surface area contributed by atoms with E-state index in [9.17, 15) is 14.4 Å². The van der Waals surface area contributed by atoms with E-state index in [-0.39, 0.29) is 0 Å². The highest BCUT2D eigenvalue weighted by atomic mass is 16.4. The molecule has 0 unspecified atom stereocenters. The zero-order valence-corrected chi connectivity index (χ0v) is 8.36. The Hall–Kier alpha value is -2.36. The van der Waals surface area contributed by atoms with Crippen LogP contribution in [0.4, 0.5) is 4.79 Å². The molecule has 10 nitrogen and oxygen atoms in total. The Bertz CT molecular complexity index is 303. The zero-order chi connectivity index (χ0) is 14.2. The standard InChI is InChI=1S/C6H8O7.CH3NO2/c7-3(8)1-6(13,5(11)12)2-4(9)10;2-1(3)4/h13H,1-2H2,(H,7,8)(H,9,10)(H,11,12);2H2,(H,3,4). The summed E-state index contributed by atoms with van der Waals surface area (Å²) in [5.74, 6) is -5.02. The lowest BCUT2D eigenvalue weighted by molar-refractivity contribution is -0.170. The van der Waals surface area contributed by atoms with Gasteiger partial charge in [-0.3, -0.25) is 9.59 Å². The van der Waals surface area contributed by atoms with Gasteiger partial charge in [0, 0.05) is 0 Å². The minimum absolute atomic E-state index is 1.14. The van der Waals surface area contributed by atoms with E-state index in [0.717, 1.165) is 0 Å². The van der Waals surface area contributed by atoms with Crippen LogP contribution >= 0.6 is 0 Å². The molecule has 0 aromatic carbocycles. The van der Waals surface area contributed by atoms with Gasteiger partial charge < -0.3 is 31.3 Å². The molecule has 0 spiro atoms. The largest absolute Gasteiger partial charge is 0.481 e. The van der Waals surface area contributed by atoms with Gasteiger partial charge in [0.1, 0.15) is 0 Å². The summed E-state index contributed by atoms with van der Waals surface area (Å²) >= 11 is 0. The first-order valence-corrected chi connectivity index (χ1v) is 3.89. The molecule has 0 radical (unpaired) electrons. The highest BCUT2D eigenvalue weighted by Gasteiger charge is 2.40. The fourth-order valence-electron chi connectivity index (χ4n) is 0.714. The monoisotopic (exact) mass is 253 g/mol. The number of hydrogen-bond donors (Lipinski definition) is 6. The van der Waals surface area contributed by atoms with Crippen molar-refractivity contribution in [3.63, 3.8) is 0 Å². The van der Waals surface area contributed by atoms with Gasteiger partial charge in [-0.05, 0) is 0 Å². The van der Waals surface area contributed by atoms with Gasteiger partial charge in [-0.25, -0.2) is 9.59 Å². The van der Waals surface area contributed by atoms with Crippen molar-refractivity contribution in [2.45, 2.75) is 18.4 Å². The van der Waals surface area contributed by atoms with Crippen molar-refractivity contribution in [3.8, 4) is 0 Å². The number of aliphatic hydroxyl groups is 1. The number of amides is 1. The summed E-state index contributed by atoms with van der Waals surface area (Å²) in [5, 5.41) is 41.0. The number of carboxylic acid groups (broad SMARTS) is 4. The van der Waals surface area contributed by atoms with Gasteiger partial charge in [-0.15, -0.1) is 0 Å². The topological polar surface area (TPSA) is 195 Å². The van der Waals surface area contributed by atoms with E-state index in [1.165, 1.54) is 0 Å². The normalized spacial score (nSPS) is 9.71. The Morgan fingerprint density at radius 1 is 0.882 bits per heavy atom. The second kappa shape index (κ2) is 7.00. The van der Waals surface area contributed by atoms with Crippen LogP contribution in [0.1, 0.15) is 12.8 Å². The van der Waals surface area contributed by atoms with Crippen molar-refractivity contribution in [2.75, 3.05) is 0 Å². The summed E-state index contributed by atoms with van der Waals surface area (Å²) < 4.78 is 0. The van der Waals surface area contributed by atoms with Crippen molar-refractivity contribution in [2.24, 2.45) is 5.73 Å². The highest BCUT2D eigenvalue weighted by Crippen LogP contribution is 2.15. The van der Waals surface area contributed by atoms with Crippen molar-refractivity contribution in [3.05, 3.63) is 0 Å². The van der Waals surface area contributed by atoms with Crippen LogP contribution in [-0.2, 0) is 14.4 Å². The van der Waals surface area contributed by atoms with Gasteiger partial charge in [0.15, 0.2) is 5.60 Å². The van der Waals surface area contributed by atoms with E-state index in [2.05, 4.69) is 5.73 Å². The maximum absolute atomic E-state index is 10.3. The minimum Gasteiger partial charge on any atom is -0.481 e. The predicted octanol–water partition coefficient (Wildman–Crippen LogP) is -1.63. The van der Waals surface area contributed by atoms with Crippen LogP contribution in [0.3, 0.4) is 0 Å². The third-order valence-electron chi connectivity index (χ3n) is 1.29. The summed E-state index contributed by atoms with van der Waals surface area (Å²) in [7, 11) is 0. The van der Waals surface area contributed by atoms with Gasteiger partial charge in [0.05, 0.1) is 12.8 Å². The number of rotatable bonds is 5. The molecule has 17 heavy (non-hydrogen) atoms. The highest BCUT2D eigenvalue weighted by molar-refractivity contribution is 5.88. The molecular formula is C7H11NO9. The first-order chi connectivity index (χ1) is 7.51. The molecular weight excluding hydrogens is 242 g/mol. The Balaban J connectivity index is 0. The molecule has 0 aliphatic heterocycles. The van der Waals surface area contributed by atoms with Gasteiger partial charge in [-0.2, -0.15) is 0 Å². The van der Waals surface area contributed by atoms with Crippen molar-refractivity contribution in [1.29, 1.82) is 0 Å². The molecule has 0 aromatic rings. The van der Waals surface area contributed by atoms with Crippen LogP contribution in [0.25, 0.3) is 0 Å². The third kappa shape index (κ3) is 9.93. The lowest BCUT2D eigenvalue weighted by Crippen LogP contribution is -2.42. The smallest absolute Gasteiger partial charge is 0.402 e. The van der Waals surface area contributed by atoms with Crippen molar-refractivity contribution < 1.29 is 44.7 Å². The van der Waals surface area contributed by atoms with Crippen molar-refractivity contribution in [1.82, 2.24) is 0 Å². The molecule has 0 aliphatic rings. The molecule has 0 heterocycles. The lowest BCUT2D eigenvalue weighted by atomic mass is 9.96. The van der Waals surface area contributed by atoms with Gasteiger partial charge >= 0.3 is 24.0 Å². The van der Waals surface area contributed by atoms with Crippen LogP contribution in [0.15, 0.2) is 0 Å². The molecule has 1 amide bonds. The first-order valence-electron chi connectivity index (χ1n) is 3.89. The second-order valence-corrected chi connectivity index (χ2v) is 2.82. The molecule has 0 rings (SSSR count). The van der Waals surface area contributed by atoms with Gasteiger partial charge in [0.25, 0.3) is 0 Å². The van der Waals surface area contributed by atoms with E-state index < -0.39 is 42.4 Å². The molecule has 0 bridgehead atoms. The maximum Gasteiger partial charge on any atom is 0.402 e. The molecule has 0 fully saturated rings. The number of primary amides is 1. The number of nitrogens with two attached hydrogens (primary N) is 1. The van der Waals surface area contributed by atoms with E-state index >= 15 is 0 Å². The summed E-state index contributed by atoms with van der Waals surface area (Å²) in [6, 6.07) is 0. The minimum atomic E-state index is -2.74. The number of aliphatic carboxylic acids is 3. The summed E-state index contributed by atoms with van der Waals surface area (Å²) in [6.45, 7) is 0. The molecule has 0 atom stereocenters. The number of hydrogen-bond acceptors (Lipinski definition) is 5.